The molecule has 2 N–H and O–H groups in total. The molecule has 0 bridgehead atoms. The Labute approximate surface area is 122 Å². The number of hydrogen-bond donors (Lipinski definition) is 1. The predicted molar refractivity (Wildman–Crippen MR) is 88.6 cm³/mol. The molecule has 20 heavy (non-hydrogen) atoms. The third kappa shape index (κ3) is 2.22. The highest BCUT2D eigenvalue weighted by Crippen LogP contribution is 2.57. The van der Waals surface area contributed by atoms with Crippen LogP contribution in [-0.2, 0) is 5.41 Å². The van der Waals surface area contributed by atoms with Crippen LogP contribution in [0.1, 0.15) is 39.7 Å². The lowest BCUT2D eigenvalue weighted by molar-refractivity contribution is 0.388. The fraction of sp³-hybridized carbons (Fsp3) is 0.368. The van der Waals surface area contributed by atoms with Crippen molar-refractivity contribution in [2.45, 2.75) is 39.5 Å². The molecule has 1 aromatic rings. The van der Waals surface area contributed by atoms with E-state index in [0.29, 0.717) is 0 Å². The van der Waals surface area contributed by atoms with Crippen LogP contribution in [0.15, 0.2) is 60.2 Å². The van der Waals surface area contributed by atoms with Gasteiger partial charge in [0.05, 0.1) is 0 Å². The van der Waals surface area contributed by atoms with Gasteiger partial charge in [-0.05, 0) is 47.6 Å². The molecular formula is C19H25N. The zero-order valence-electron chi connectivity index (χ0n) is 13.0. The Hall–Kier alpha value is -1.76. The second kappa shape index (κ2) is 4.97. The molecule has 0 radical (unpaired) electrons. The molecular weight excluding hydrogens is 242 g/mol. The maximum atomic E-state index is 5.83. The van der Waals surface area contributed by atoms with E-state index in [1.165, 1.54) is 16.7 Å². The predicted octanol–water partition coefficient (Wildman–Crippen LogP) is 5.02. The van der Waals surface area contributed by atoms with Gasteiger partial charge in [-0.3, -0.25) is 0 Å². The van der Waals surface area contributed by atoms with Gasteiger partial charge < -0.3 is 5.73 Å². The summed E-state index contributed by atoms with van der Waals surface area (Å²) in [6.07, 6.45) is 7.41. The van der Waals surface area contributed by atoms with Gasteiger partial charge in [-0.2, -0.15) is 0 Å². The molecule has 1 aromatic carbocycles. The zero-order valence-corrected chi connectivity index (χ0v) is 13.0. The van der Waals surface area contributed by atoms with Gasteiger partial charge in [-0.15, -0.1) is 0 Å². The Morgan fingerprint density at radius 2 is 1.70 bits per heavy atom. The normalized spacial score (nSPS) is 29.0. The third-order valence-electron chi connectivity index (χ3n) is 4.53. The summed E-state index contributed by atoms with van der Waals surface area (Å²) in [4.78, 5) is 0. The molecule has 0 aliphatic heterocycles. The Morgan fingerprint density at radius 1 is 1.10 bits per heavy atom. The molecule has 106 valence electrons. The number of nitrogens with two attached hydrogens (primary N) is 1. The number of hydrogen-bond acceptors (Lipinski definition) is 1. The smallest absolute Gasteiger partial charge is 0.0314 e. The van der Waals surface area contributed by atoms with Crippen molar-refractivity contribution < 1.29 is 0 Å². The molecule has 1 aliphatic rings. The van der Waals surface area contributed by atoms with Crippen molar-refractivity contribution in [3.05, 3.63) is 65.8 Å². The maximum absolute atomic E-state index is 5.83. The molecule has 1 saturated carbocycles. The highest BCUT2D eigenvalue weighted by molar-refractivity contribution is 5.56. The first kappa shape index (κ1) is 14.6. The van der Waals surface area contributed by atoms with Crippen molar-refractivity contribution in [2.24, 2.45) is 5.41 Å². The highest BCUT2D eigenvalue weighted by atomic mass is 14.5. The van der Waals surface area contributed by atoms with Crippen LogP contribution < -0.4 is 5.73 Å². The van der Waals surface area contributed by atoms with Crippen molar-refractivity contribution in [3.63, 3.8) is 0 Å². The van der Waals surface area contributed by atoms with Gasteiger partial charge in [-0.1, -0.05) is 57.7 Å². The summed E-state index contributed by atoms with van der Waals surface area (Å²) in [5.74, 6) is 0. The van der Waals surface area contributed by atoms with E-state index in [0.717, 1.165) is 12.1 Å². The summed E-state index contributed by atoms with van der Waals surface area (Å²) in [5, 5.41) is 0. The Bertz CT molecular complexity index is 572. The molecule has 0 amide bonds. The molecule has 0 saturated heterocycles. The lowest BCUT2D eigenvalue weighted by atomic mass is 9.75. The Kier molecular flexibility index (Phi) is 3.64. The summed E-state index contributed by atoms with van der Waals surface area (Å²) in [5.41, 5.74) is 11.0. The minimum absolute atomic E-state index is 0.0211. The van der Waals surface area contributed by atoms with Gasteiger partial charge in [-0.25, -0.2) is 0 Å². The van der Waals surface area contributed by atoms with Crippen LogP contribution in [0.25, 0.3) is 0 Å². The van der Waals surface area contributed by atoms with Crippen LogP contribution in [0.5, 0.6) is 0 Å². The Balaban J connectivity index is 2.62. The number of allylic oxidation sites excluding steroid dienone is 5. The average molecular weight is 267 g/mol. The maximum Gasteiger partial charge on any atom is 0.0314 e. The van der Waals surface area contributed by atoms with E-state index < -0.39 is 0 Å². The van der Waals surface area contributed by atoms with E-state index in [4.69, 9.17) is 5.73 Å². The van der Waals surface area contributed by atoms with Gasteiger partial charge >= 0.3 is 0 Å². The lowest BCUT2D eigenvalue weighted by Gasteiger charge is -2.28. The van der Waals surface area contributed by atoms with Crippen molar-refractivity contribution >= 4 is 5.69 Å². The molecule has 2 rings (SSSR count). The topological polar surface area (TPSA) is 26.0 Å². The van der Waals surface area contributed by atoms with Crippen molar-refractivity contribution in [3.8, 4) is 0 Å². The number of rotatable bonds is 2. The first-order valence-corrected chi connectivity index (χ1v) is 7.21. The van der Waals surface area contributed by atoms with Crippen LogP contribution in [0.4, 0.5) is 5.69 Å². The number of nitrogen functional groups attached to an aromatic ring is 1. The van der Waals surface area contributed by atoms with Crippen LogP contribution in [0, 0.1) is 5.41 Å². The molecule has 0 heterocycles. The van der Waals surface area contributed by atoms with Crippen LogP contribution in [0.3, 0.4) is 0 Å². The van der Waals surface area contributed by atoms with Crippen LogP contribution >= 0.6 is 0 Å². The van der Waals surface area contributed by atoms with Crippen molar-refractivity contribution in [1.82, 2.24) is 0 Å². The van der Waals surface area contributed by atoms with E-state index in [9.17, 15) is 0 Å². The minimum Gasteiger partial charge on any atom is -0.399 e. The van der Waals surface area contributed by atoms with E-state index in [2.05, 4.69) is 58.6 Å². The largest absolute Gasteiger partial charge is 0.399 e. The molecule has 0 spiro atoms. The van der Waals surface area contributed by atoms with Crippen molar-refractivity contribution in [1.29, 1.82) is 0 Å². The van der Waals surface area contributed by atoms with Crippen molar-refractivity contribution in [2.75, 3.05) is 5.73 Å². The number of anilines is 1. The molecule has 1 atom stereocenters. The van der Waals surface area contributed by atoms with Crippen LogP contribution in [-0.4, -0.2) is 0 Å². The van der Waals surface area contributed by atoms with Gasteiger partial charge in [0.1, 0.15) is 0 Å². The quantitative estimate of drug-likeness (QED) is 0.748. The van der Waals surface area contributed by atoms with E-state index in [-0.39, 0.29) is 10.8 Å². The first-order chi connectivity index (χ1) is 9.35. The van der Waals surface area contributed by atoms with Gasteiger partial charge in [0.25, 0.3) is 0 Å². The zero-order chi connectivity index (χ0) is 15.0. The molecule has 0 aromatic heterocycles. The SMILES string of the molecule is C=C/C=C1\C(=C/C)C(C)(C)CC1(C)c1ccc(N)cc1. The van der Waals surface area contributed by atoms with E-state index >= 15 is 0 Å². The Morgan fingerprint density at radius 3 is 2.20 bits per heavy atom. The molecule has 1 unspecified atom stereocenters. The molecule has 1 aliphatic carbocycles. The summed E-state index contributed by atoms with van der Waals surface area (Å²) in [7, 11) is 0. The fourth-order valence-corrected chi connectivity index (χ4v) is 3.78. The van der Waals surface area contributed by atoms with Gasteiger partial charge in [0.15, 0.2) is 0 Å². The summed E-state index contributed by atoms with van der Waals surface area (Å²) >= 11 is 0. The molecule has 1 nitrogen and oxygen atoms in total. The second-order valence-corrected chi connectivity index (χ2v) is 6.53. The van der Waals surface area contributed by atoms with E-state index in [1.807, 2.05) is 18.2 Å². The molecule has 1 heteroatoms. The lowest BCUT2D eigenvalue weighted by Crippen LogP contribution is -2.21. The summed E-state index contributed by atoms with van der Waals surface area (Å²) in [6.45, 7) is 13.0. The standard InChI is InChI=1S/C19H25N/c1-6-8-17-16(7-2)18(3,4)13-19(17,5)14-9-11-15(20)12-10-14/h6-12H,1,13,20H2,2-5H3/b16-7+,17-8+. The second-order valence-electron chi connectivity index (χ2n) is 6.53. The third-order valence-corrected chi connectivity index (χ3v) is 4.53. The first-order valence-electron chi connectivity index (χ1n) is 7.21. The fourth-order valence-electron chi connectivity index (χ4n) is 3.78. The monoisotopic (exact) mass is 267 g/mol. The van der Waals surface area contributed by atoms with Gasteiger partial charge in [0, 0.05) is 11.1 Å². The summed E-state index contributed by atoms with van der Waals surface area (Å²) in [6, 6.07) is 8.29. The summed E-state index contributed by atoms with van der Waals surface area (Å²) < 4.78 is 0. The molecule has 1 fully saturated rings. The minimum atomic E-state index is 0.0211. The van der Waals surface area contributed by atoms with Gasteiger partial charge in [0.2, 0.25) is 0 Å². The van der Waals surface area contributed by atoms with Crippen LogP contribution in [0.2, 0.25) is 0 Å². The number of benzene rings is 1. The highest BCUT2D eigenvalue weighted by Gasteiger charge is 2.47. The van der Waals surface area contributed by atoms with E-state index in [1.54, 1.807) is 0 Å². The average Bonchev–Trinajstić information content (AvgIpc) is 2.57.